The van der Waals surface area contributed by atoms with E-state index < -0.39 is 0 Å². The summed E-state index contributed by atoms with van der Waals surface area (Å²) >= 11 is 0. The van der Waals surface area contributed by atoms with E-state index in [0.29, 0.717) is 29.1 Å². The highest BCUT2D eigenvalue weighted by Crippen LogP contribution is 2.16. The van der Waals surface area contributed by atoms with Crippen molar-refractivity contribution < 1.29 is 4.39 Å². The van der Waals surface area contributed by atoms with E-state index in [2.05, 4.69) is 17.2 Å². The number of rotatable bonds is 1. The number of halogens is 1. The highest BCUT2D eigenvalue weighted by atomic mass is 19.1. The predicted octanol–water partition coefficient (Wildman–Crippen LogP) is 2.86. The van der Waals surface area contributed by atoms with Gasteiger partial charge in [0.05, 0.1) is 10.9 Å². The number of nitrogens with zero attached hydrogens (tertiary/aromatic N) is 2. The van der Waals surface area contributed by atoms with Gasteiger partial charge in [-0.25, -0.2) is 9.37 Å². The Morgan fingerprint density at radius 1 is 1.15 bits per heavy atom. The topological polar surface area (TPSA) is 46.9 Å². The van der Waals surface area contributed by atoms with Crippen LogP contribution in [-0.4, -0.2) is 22.6 Å². The first kappa shape index (κ1) is 17.4. The summed E-state index contributed by atoms with van der Waals surface area (Å²) in [5.41, 5.74) is 2.05. The molecule has 0 bridgehead atoms. The van der Waals surface area contributed by atoms with Gasteiger partial charge in [0, 0.05) is 30.1 Å². The molecule has 3 aromatic rings. The van der Waals surface area contributed by atoms with Crippen LogP contribution in [0.1, 0.15) is 29.8 Å². The lowest BCUT2D eigenvalue weighted by atomic mass is 10.1. The maximum atomic E-state index is 13.3. The Kier molecular flexibility index (Phi) is 4.74. The molecule has 1 unspecified atom stereocenters. The Morgan fingerprint density at radius 2 is 1.96 bits per heavy atom. The lowest BCUT2D eigenvalue weighted by Crippen LogP contribution is -2.27. The average Bonchev–Trinajstić information content (AvgIpc) is 2.89. The van der Waals surface area contributed by atoms with E-state index in [1.165, 1.54) is 12.1 Å². The Balaban J connectivity index is 1.73. The summed E-state index contributed by atoms with van der Waals surface area (Å²) in [6.45, 7) is 0.684. The highest BCUT2D eigenvalue weighted by molar-refractivity contribution is 5.79. The molecule has 2 heterocycles. The van der Waals surface area contributed by atoms with Crippen LogP contribution in [0.15, 0.2) is 47.3 Å². The zero-order chi connectivity index (χ0) is 18.8. The largest absolute Gasteiger partial charge is 0.317 e. The van der Waals surface area contributed by atoms with Crippen molar-refractivity contribution in [3.8, 4) is 11.8 Å². The summed E-state index contributed by atoms with van der Waals surface area (Å²) in [6.07, 6.45) is 2.66. The summed E-state index contributed by atoms with van der Waals surface area (Å²) in [4.78, 5) is 17.6. The molecule has 0 aliphatic carbocycles. The fourth-order valence-corrected chi connectivity index (χ4v) is 3.50. The Bertz CT molecular complexity index is 1120. The number of nitrogens with one attached hydrogen (secondary N) is 1. The van der Waals surface area contributed by atoms with E-state index in [1.807, 2.05) is 19.2 Å². The molecule has 2 aromatic carbocycles. The smallest absolute Gasteiger partial charge is 0.261 e. The quantitative estimate of drug-likeness (QED) is 0.678. The van der Waals surface area contributed by atoms with Gasteiger partial charge in [0.15, 0.2) is 0 Å². The van der Waals surface area contributed by atoms with Gasteiger partial charge in [0.2, 0.25) is 0 Å². The van der Waals surface area contributed by atoms with Crippen LogP contribution < -0.4 is 10.9 Å². The van der Waals surface area contributed by atoms with Crippen molar-refractivity contribution in [2.75, 3.05) is 7.05 Å². The minimum absolute atomic E-state index is 0.0105. The lowest BCUT2D eigenvalue weighted by molar-refractivity contribution is 0.482. The van der Waals surface area contributed by atoms with Gasteiger partial charge >= 0.3 is 0 Å². The van der Waals surface area contributed by atoms with E-state index in [1.54, 1.807) is 22.8 Å². The Morgan fingerprint density at radius 3 is 2.74 bits per heavy atom. The van der Waals surface area contributed by atoms with E-state index >= 15 is 0 Å². The molecule has 0 fully saturated rings. The van der Waals surface area contributed by atoms with Crippen LogP contribution in [0.3, 0.4) is 0 Å². The summed E-state index contributed by atoms with van der Waals surface area (Å²) in [5, 5.41) is 3.91. The van der Waals surface area contributed by atoms with Crippen molar-refractivity contribution in [1.82, 2.24) is 14.9 Å². The van der Waals surface area contributed by atoms with Gasteiger partial charge in [-0.1, -0.05) is 17.9 Å². The van der Waals surface area contributed by atoms with E-state index in [-0.39, 0.29) is 11.4 Å². The zero-order valence-corrected chi connectivity index (χ0v) is 15.1. The van der Waals surface area contributed by atoms with Gasteiger partial charge in [0.25, 0.3) is 5.56 Å². The van der Waals surface area contributed by atoms with E-state index in [4.69, 9.17) is 4.98 Å². The molecule has 1 aromatic heterocycles. The minimum atomic E-state index is -0.308. The predicted molar refractivity (Wildman–Crippen MR) is 104 cm³/mol. The van der Waals surface area contributed by atoms with Crippen LogP contribution in [0.25, 0.3) is 10.9 Å². The second kappa shape index (κ2) is 7.34. The van der Waals surface area contributed by atoms with Crippen molar-refractivity contribution in [2.24, 2.45) is 0 Å². The first-order valence-electron chi connectivity index (χ1n) is 9.12. The van der Waals surface area contributed by atoms with Crippen molar-refractivity contribution in [3.63, 3.8) is 0 Å². The number of hydrogen-bond acceptors (Lipinski definition) is 3. The molecule has 4 nitrogen and oxygen atoms in total. The second-order valence-electron chi connectivity index (χ2n) is 6.79. The van der Waals surface area contributed by atoms with E-state index in [0.717, 1.165) is 30.7 Å². The molecule has 0 spiro atoms. The highest BCUT2D eigenvalue weighted by Gasteiger charge is 2.18. The number of aryl methyl sites for hydroxylation is 1. The van der Waals surface area contributed by atoms with Gasteiger partial charge in [-0.05, 0) is 56.3 Å². The monoisotopic (exact) mass is 361 g/mol. The molecule has 27 heavy (non-hydrogen) atoms. The SMILES string of the molecule is CNC1CCc2nc3cc(C#Cc4cccc(F)c4)ccc3c(=O)n2CC1. The molecule has 0 saturated heterocycles. The molecule has 136 valence electrons. The molecule has 1 atom stereocenters. The van der Waals surface area contributed by atoms with Gasteiger partial charge in [0.1, 0.15) is 11.6 Å². The molecule has 4 rings (SSSR count). The third kappa shape index (κ3) is 3.62. The summed E-state index contributed by atoms with van der Waals surface area (Å²) in [7, 11) is 1.96. The van der Waals surface area contributed by atoms with Crippen LogP contribution in [-0.2, 0) is 13.0 Å². The Hall–Kier alpha value is -2.97. The van der Waals surface area contributed by atoms with Crippen LogP contribution >= 0.6 is 0 Å². The van der Waals surface area contributed by atoms with Crippen molar-refractivity contribution in [1.29, 1.82) is 0 Å². The van der Waals surface area contributed by atoms with Gasteiger partial charge < -0.3 is 5.32 Å². The van der Waals surface area contributed by atoms with Crippen molar-refractivity contribution >= 4 is 10.9 Å². The van der Waals surface area contributed by atoms with Gasteiger partial charge in [-0.15, -0.1) is 0 Å². The first-order chi connectivity index (χ1) is 13.1. The molecule has 0 saturated carbocycles. The lowest BCUT2D eigenvalue weighted by Gasteiger charge is -2.11. The molecular weight excluding hydrogens is 341 g/mol. The maximum Gasteiger partial charge on any atom is 0.261 e. The zero-order valence-electron chi connectivity index (χ0n) is 15.1. The molecule has 1 aliphatic heterocycles. The molecule has 5 heteroatoms. The third-order valence-corrected chi connectivity index (χ3v) is 5.04. The van der Waals surface area contributed by atoms with Crippen LogP contribution in [0, 0.1) is 17.7 Å². The fraction of sp³-hybridized carbons (Fsp3) is 0.273. The summed E-state index contributed by atoms with van der Waals surface area (Å²) in [5.74, 6) is 6.52. The maximum absolute atomic E-state index is 13.3. The standard InChI is InChI=1S/C22H20FN3O/c1-24-18-8-10-21-25-20-14-16(6-5-15-3-2-4-17(23)13-15)7-9-19(20)22(27)26(21)12-11-18/h2-4,7,9,13-14,18,24H,8,10-12H2,1H3. The van der Waals surface area contributed by atoms with Crippen LogP contribution in [0.4, 0.5) is 4.39 Å². The Labute approximate surface area is 157 Å². The molecule has 1 N–H and O–H groups in total. The number of fused-ring (bicyclic) bond motifs is 2. The molecule has 0 radical (unpaired) electrons. The van der Waals surface area contributed by atoms with Crippen LogP contribution in [0.2, 0.25) is 0 Å². The average molecular weight is 361 g/mol. The third-order valence-electron chi connectivity index (χ3n) is 5.04. The van der Waals surface area contributed by atoms with Crippen molar-refractivity contribution in [2.45, 2.75) is 31.8 Å². The minimum Gasteiger partial charge on any atom is -0.317 e. The number of aromatic nitrogens is 2. The number of hydrogen-bond donors (Lipinski definition) is 1. The van der Waals surface area contributed by atoms with Gasteiger partial charge in [-0.3, -0.25) is 9.36 Å². The normalized spacial score (nSPS) is 16.3. The first-order valence-corrected chi connectivity index (χ1v) is 9.12. The second-order valence-corrected chi connectivity index (χ2v) is 6.79. The summed E-state index contributed by atoms with van der Waals surface area (Å²) in [6, 6.07) is 12.0. The van der Waals surface area contributed by atoms with Gasteiger partial charge in [-0.2, -0.15) is 0 Å². The molecule has 0 amide bonds. The summed E-state index contributed by atoms with van der Waals surface area (Å²) < 4.78 is 15.1. The fourth-order valence-electron chi connectivity index (χ4n) is 3.50. The van der Waals surface area contributed by atoms with E-state index in [9.17, 15) is 9.18 Å². The van der Waals surface area contributed by atoms with Crippen LogP contribution in [0.5, 0.6) is 0 Å². The molecule has 1 aliphatic rings. The van der Waals surface area contributed by atoms with Crippen molar-refractivity contribution in [3.05, 3.63) is 75.6 Å². The number of benzene rings is 2. The molecular formula is C22H20FN3O.